The molecule has 0 atom stereocenters. The molecule has 2 aromatic rings. The van der Waals surface area contributed by atoms with Crippen LogP contribution in [0.15, 0.2) is 48.8 Å². The highest BCUT2D eigenvalue weighted by Gasteiger charge is 2.32. The highest BCUT2D eigenvalue weighted by molar-refractivity contribution is 7.96. The molecule has 0 spiro atoms. The zero-order valence-electron chi connectivity index (χ0n) is 11.7. The van der Waals surface area contributed by atoms with Gasteiger partial charge in [-0.1, -0.05) is 24.3 Å². The minimum atomic E-state index is -4.16. The molecule has 0 fully saturated rings. The van der Waals surface area contributed by atoms with Crippen LogP contribution in [-0.2, 0) is 10.1 Å². The van der Waals surface area contributed by atoms with Gasteiger partial charge in [-0.15, -0.1) is 0 Å². The summed E-state index contributed by atoms with van der Waals surface area (Å²) >= 11 is 0. The first-order valence-corrected chi connectivity index (χ1v) is 8.01. The van der Waals surface area contributed by atoms with E-state index in [1.807, 2.05) is 0 Å². The summed E-state index contributed by atoms with van der Waals surface area (Å²) in [5.74, 6) is -0.192. The van der Waals surface area contributed by atoms with Crippen molar-refractivity contribution < 1.29 is 22.5 Å². The van der Waals surface area contributed by atoms with Gasteiger partial charge in [-0.3, -0.25) is 4.98 Å². The number of rotatable bonds is 3. The molecule has 8 heteroatoms. The minimum Gasteiger partial charge on any atom is -0.501 e. The van der Waals surface area contributed by atoms with E-state index >= 15 is 0 Å². The number of benzene rings is 1. The van der Waals surface area contributed by atoms with Gasteiger partial charge < -0.3 is 14.8 Å². The Kier molecular flexibility index (Phi) is 3.69. The summed E-state index contributed by atoms with van der Waals surface area (Å²) in [5, 5.41) is 10.6. The second-order valence-electron chi connectivity index (χ2n) is 4.77. The lowest BCUT2D eigenvalue weighted by molar-refractivity contribution is -0.00641. The summed E-state index contributed by atoms with van der Waals surface area (Å²) in [6, 6.07) is 9.39. The normalized spacial score (nSPS) is 14.2. The molecule has 0 saturated heterocycles. The lowest BCUT2D eigenvalue weighted by Gasteiger charge is -2.12. The molecule has 3 rings (SSSR count). The zero-order valence-corrected chi connectivity index (χ0v) is 12.6. The fraction of sp³-hybridized carbons (Fsp3) is 0.0667. The van der Waals surface area contributed by atoms with Crippen molar-refractivity contribution in [3.05, 3.63) is 64.8 Å². The van der Waals surface area contributed by atoms with Crippen molar-refractivity contribution in [3.8, 4) is 5.75 Å². The van der Waals surface area contributed by atoms with E-state index in [4.69, 9.17) is 9.71 Å². The summed E-state index contributed by atoms with van der Waals surface area (Å²) in [7, 11) is -4.16. The van der Waals surface area contributed by atoms with E-state index in [1.54, 1.807) is 24.3 Å². The standard InChI is InChI=1S/C15H11N3O4S/c16-18-13-8-14(11-5-1-2-6-12(11)15(13)19)23(20,21)22-10-4-3-7-17-9-10/h1-7,9,19H,8H2. The molecule has 0 saturated carbocycles. The van der Waals surface area contributed by atoms with Crippen LogP contribution in [0.5, 0.6) is 5.75 Å². The maximum atomic E-state index is 12.6. The third-order valence-corrected chi connectivity index (χ3v) is 4.73. The van der Waals surface area contributed by atoms with Crippen molar-refractivity contribution in [1.82, 2.24) is 4.98 Å². The lowest BCUT2D eigenvalue weighted by Crippen LogP contribution is -2.38. The number of pyridine rings is 1. The number of hydrogen-bond donors (Lipinski definition) is 1. The molecule has 1 aromatic heterocycles. The Morgan fingerprint density at radius 1 is 1.17 bits per heavy atom. The van der Waals surface area contributed by atoms with Gasteiger partial charge in [-0.25, -0.2) is 0 Å². The maximum Gasteiger partial charge on any atom is 0.339 e. The van der Waals surface area contributed by atoms with Crippen LogP contribution in [0.2, 0.25) is 0 Å². The predicted molar refractivity (Wildman–Crippen MR) is 82.2 cm³/mol. The van der Waals surface area contributed by atoms with Gasteiger partial charge in [0.15, 0.2) is 5.75 Å². The smallest absolute Gasteiger partial charge is 0.339 e. The van der Waals surface area contributed by atoms with Crippen LogP contribution in [-0.4, -0.2) is 29.0 Å². The molecule has 1 aliphatic rings. The van der Waals surface area contributed by atoms with Crippen LogP contribution < -0.4 is 14.6 Å². The first-order valence-electron chi connectivity index (χ1n) is 6.60. The van der Waals surface area contributed by atoms with Crippen molar-refractivity contribution in [2.45, 2.75) is 6.42 Å². The Bertz CT molecular complexity index is 1040. The fourth-order valence-electron chi connectivity index (χ4n) is 2.30. The predicted octanol–water partition coefficient (Wildman–Crippen LogP) is 0.339. The molecule has 1 N–H and O–H groups in total. The molecule has 0 unspecified atom stereocenters. The number of aromatic nitrogens is 1. The first-order chi connectivity index (χ1) is 11.0. The average molecular weight is 329 g/mol. The molecular formula is C15H11N3O4S. The first kappa shape index (κ1) is 15.0. The van der Waals surface area contributed by atoms with Crippen molar-refractivity contribution in [2.75, 3.05) is 0 Å². The Labute approximate surface area is 131 Å². The van der Waals surface area contributed by atoms with Gasteiger partial charge >= 0.3 is 15.8 Å². The van der Waals surface area contributed by atoms with Crippen LogP contribution in [0.3, 0.4) is 0 Å². The number of aliphatic hydroxyl groups is 1. The molecule has 0 amide bonds. The number of nitrogens with zero attached hydrogens (tertiary/aromatic N) is 3. The molecule has 23 heavy (non-hydrogen) atoms. The topological polar surface area (TPSA) is 113 Å². The quantitative estimate of drug-likeness (QED) is 0.495. The molecule has 1 aromatic carbocycles. The number of fused-ring (bicyclic) bond motifs is 1. The van der Waals surface area contributed by atoms with Crippen molar-refractivity contribution in [3.63, 3.8) is 0 Å². The Morgan fingerprint density at radius 3 is 2.57 bits per heavy atom. The van der Waals surface area contributed by atoms with Crippen molar-refractivity contribution in [1.29, 1.82) is 0 Å². The van der Waals surface area contributed by atoms with Crippen LogP contribution in [0, 0.1) is 0 Å². The van der Waals surface area contributed by atoms with Gasteiger partial charge in [-0.2, -0.15) is 13.2 Å². The molecule has 1 aliphatic carbocycles. The number of hydrogen-bond acceptors (Lipinski definition) is 5. The molecule has 116 valence electrons. The molecule has 0 bridgehead atoms. The Morgan fingerprint density at radius 2 is 1.91 bits per heavy atom. The second kappa shape index (κ2) is 5.68. The molecule has 1 heterocycles. The Balaban J connectivity index is 2.24. The summed E-state index contributed by atoms with van der Waals surface area (Å²) in [6.07, 6.45) is 2.49. The third-order valence-electron chi connectivity index (χ3n) is 3.35. The van der Waals surface area contributed by atoms with E-state index in [0.29, 0.717) is 5.22 Å². The zero-order chi connectivity index (χ0) is 16.4. The van der Waals surface area contributed by atoms with E-state index in [-0.39, 0.29) is 33.8 Å². The maximum absolute atomic E-state index is 12.6. The highest BCUT2D eigenvalue weighted by atomic mass is 32.2. The van der Waals surface area contributed by atoms with Crippen LogP contribution in [0.4, 0.5) is 0 Å². The van der Waals surface area contributed by atoms with Gasteiger partial charge in [0, 0.05) is 16.6 Å². The van der Waals surface area contributed by atoms with E-state index < -0.39 is 10.1 Å². The van der Waals surface area contributed by atoms with Gasteiger partial charge in [-0.05, 0) is 12.1 Å². The van der Waals surface area contributed by atoms with E-state index in [1.165, 1.54) is 24.5 Å². The van der Waals surface area contributed by atoms with Crippen molar-refractivity contribution >= 4 is 26.5 Å². The van der Waals surface area contributed by atoms with Crippen LogP contribution in [0.1, 0.15) is 6.42 Å². The van der Waals surface area contributed by atoms with Gasteiger partial charge in [0.25, 0.3) is 0 Å². The monoisotopic (exact) mass is 329 g/mol. The van der Waals surface area contributed by atoms with Crippen LogP contribution in [0.25, 0.3) is 16.2 Å². The van der Waals surface area contributed by atoms with E-state index in [2.05, 4.69) is 9.77 Å². The van der Waals surface area contributed by atoms with Gasteiger partial charge in [0.2, 0.25) is 5.76 Å². The molecular weight excluding hydrogens is 318 g/mol. The second-order valence-corrected chi connectivity index (χ2v) is 6.33. The third kappa shape index (κ3) is 2.73. The summed E-state index contributed by atoms with van der Waals surface area (Å²) in [6.45, 7) is 0. The minimum absolute atomic E-state index is 0.0683. The highest BCUT2D eigenvalue weighted by Crippen LogP contribution is 2.20. The van der Waals surface area contributed by atoms with Crippen molar-refractivity contribution in [2.24, 2.45) is 0 Å². The van der Waals surface area contributed by atoms with E-state index in [9.17, 15) is 13.5 Å². The number of aliphatic hydroxyl groups excluding tert-OH is 1. The van der Waals surface area contributed by atoms with Gasteiger partial charge in [0.05, 0.1) is 12.6 Å². The molecule has 0 radical (unpaired) electrons. The van der Waals surface area contributed by atoms with Gasteiger partial charge in [0.1, 0.15) is 4.91 Å². The fourth-order valence-corrected chi connectivity index (χ4v) is 3.51. The van der Waals surface area contributed by atoms with E-state index in [0.717, 1.165) is 0 Å². The summed E-state index contributed by atoms with van der Waals surface area (Å²) in [4.78, 5) is 6.67. The van der Waals surface area contributed by atoms with Crippen LogP contribution >= 0.6 is 0 Å². The summed E-state index contributed by atoms with van der Waals surface area (Å²) < 4.78 is 30.2. The largest absolute Gasteiger partial charge is 0.501 e. The average Bonchev–Trinajstić information content (AvgIpc) is 2.56. The molecule has 7 nitrogen and oxygen atoms in total. The summed E-state index contributed by atoms with van der Waals surface area (Å²) in [5.41, 5.74) is 8.87. The molecule has 0 aliphatic heterocycles. The SMILES string of the molecule is [N-]=[N+]=C1CC(S(=O)(=O)Oc2cccnc2)=c2ccccc2=C1O. The Hall–Kier alpha value is -2.96. The lowest BCUT2D eigenvalue weighted by atomic mass is 10.0.